The molecule has 0 aliphatic heterocycles. The van der Waals surface area contributed by atoms with Crippen LogP contribution in [0.3, 0.4) is 0 Å². The third-order valence-corrected chi connectivity index (χ3v) is 4.62. The lowest BCUT2D eigenvalue weighted by molar-refractivity contribution is 0.0992. The summed E-state index contributed by atoms with van der Waals surface area (Å²) in [5.41, 5.74) is 8.23. The molecule has 0 atom stereocenters. The van der Waals surface area contributed by atoms with Crippen LogP contribution < -0.4 is 5.73 Å². The van der Waals surface area contributed by atoms with E-state index in [4.69, 9.17) is 10.2 Å². The van der Waals surface area contributed by atoms with Crippen LogP contribution in [-0.2, 0) is 6.42 Å². The Bertz CT molecular complexity index is 1250. The number of benzene rings is 1. The van der Waals surface area contributed by atoms with Crippen molar-refractivity contribution < 1.29 is 18.0 Å². The van der Waals surface area contributed by atoms with Gasteiger partial charge in [-0.05, 0) is 36.2 Å². The van der Waals surface area contributed by atoms with Crippen molar-refractivity contribution in [2.45, 2.75) is 20.3 Å². The zero-order chi connectivity index (χ0) is 20.7. The predicted octanol–water partition coefficient (Wildman–Crippen LogP) is 4.20. The molecule has 0 spiro atoms. The van der Waals surface area contributed by atoms with Gasteiger partial charge in [-0.25, -0.2) is 18.7 Å². The topological polar surface area (TPSA) is 94.9 Å². The minimum absolute atomic E-state index is 0.155. The smallest absolute Gasteiger partial charge is 0.254 e. The standard InChI is InChI=1S/C21H16F2N4O2/c1-3-17-27-15-7-12(10(2)6-16(15)29-17)11-4-5-14(25-8-11)20-19(23)18(21(24)28)13(22)9-26-20/h4-9H,3H2,1-2H3,(H2,24,28). The summed E-state index contributed by atoms with van der Waals surface area (Å²) in [6.45, 7) is 3.91. The molecule has 3 heterocycles. The van der Waals surface area contributed by atoms with Gasteiger partial charge in [-0.3, -0.25) is 9.78 Å². The molecule has 29 heavy (non-hydrogen) atoms. The summed E-state index contributed by atoms with van der Waals surface area (Å²) in [6.07, 6.45) is 3.00. The lowest BCUT2D eigenvalue weighted by Gasteiger charge is -2.08. The van der Waals surface area contributed by atoms with E-state index in [9.17, 15) is 13.6 Å². The van der Waals surface area contributed by atoms with Gasteiger partial charge in [0.1, 0.15) is 16.8 Å². The number of primary amides is 1. The van der Waals surface area contributed by atoms with Crippen LogP contribution in [0, 0.1) is 18.6 Å². The minimum atomic E-state index is -1.21. The molecule has 6 nitrogen and oxygen atoms in total. The summed E-state index contributed by atoms with van der Waals surface area (Å²) in [5.74, 6) is -2.79. The van der Waals surface area contributed by atoms with Crippen molar-refractivity contribution in [1.29, 1.82) is 0 Å². The third kappa shape index (κ3) is 3.22. The lowest BCUT2D eigenvalue weighted by Crippen LogP contribution is -2.17. The van der Waals surface area contributed by atoms with E-state index in [0.717, 1.165) is 28.4 Å². The molecule has 8 heteroatoms. The number of aromatic nitrogens is 3. The second-order valence-corrected chi connectivity index (χ2v) is 6.54. The summed E-state index contributed by atoms with van der Waals surface area (Å²) in [7, 11) is 0. The van der Waals surface area contributed by atoms with Crippen molar-refractivity contribution in [3.63, 3.8) is 0 Å². The number of nitrogens with two attached hydrogens (primary N) is 1. The van der Waals surface area contributed by atoms with Crippen LogP contribution in [0.25, 0.3) is 33.6 Å². The number of carbonyl (C=O) groups excluding carboxylic acids is 1. The van der Waals surface area contributed by atoms with Crippen molar-refractivity contribution in [2.24, 2.45) is 5.73 Å². The maximum absolute atomic E-state index is 14.5. The molecule has 4 aromatic rings. The van der Waals surface area contributed by atoms with E-state index >= 15 is 0 Å². The maximum atomic E-state index is 14.5. The lowest BCUT2D eigenvalue weighted by atomic mass is 10.0. The summed E-state index contributed by atoms with van der Waals surface area (Å²) >= 11 is 0. The van der Waals surface area contributed by atoms with E-state index in [2.05, 4.69) is 15.0 Å². The number of fused-ring (bicyclic) bond motifs is 1. The van der Waals surface area contributed by atoms with E-state index in [1.807, 2.05) is 26.0 Å². The Morgan fingerprint density at radius 2 is 1.97 bits per heavy atom. The molecular formula is C21H16F2N4O2. The van der Waals surface area contributed by atoms with E-state index < -0.39 is 23.1 Å². The second-order valence-electron chi connectivity index (χ2n) is 6.54. The highest BCUT2D eigenvalue weighted by Crippen LogP contribution is 2.30. The number of nitrogens with zero attached hydrogens (tertiary/aromatic N) is 3. The summed E-state index contributed by atoms with van der Waals surface area (Å²) in [4.78, 5) is 23.7. The highest BCUT2D eigenvalue weighted by molar-refractivity contribution is 5.94. The molecule has 0 fully saturated rings. The van der Waals surface area contributed by atoms with Crippen molar-refractivity contribution in [3.05, 3.63) is 65.3 Å². The Balaban J connectivity index is 1.76. The molecule has 0 saturated heterocycles. The molecule has 1 amide bonds. The van der Waals surface area contributed by atoms with Crippen LogP contribution >= 0.6 is 0 Å². The minimum Gasteiger partial charge on any atom is -0.441 e. The van der Waals surface area contributed by atoms with Crippen LogP contribution in [0.1, 0.15) is 28.7 Å². The number of oxazole rings is 1. The maximum Gasteiger partial charge on any atom is 0.254 e. The van der Waals surface area contributed by atoms with Crippen molar-refractivity contribution in [1.82, 2.24) is 15.0 Å². The van der Waals surface area contributed by atoms with E-state index in [1.165, 1.54) is 0 Å². The molecule has 0 aliphatic rings. The first-order chi connectivity index (χ1) is 13.9. The van der Waals surface area contributed by atoms with Gasteiger partial charge in [-0.15, -0.1) is 0 Å². The highest BCUT2D eigenvalue weighted by atomic mass is 19.1. The number of amides is 1. The van der Waals surface area contributed by atoms with Crippen LogP contribution in [0.5, 0.6) is 0 Å². The SMILES string of the molecule is CCc1nc2cc(-c3ccc(-c4ncc(F)c(C(N)=O)c4F)nc3)c(C)cc2o1. The highest BCUT2D eigenvalue weighted by Gasteiger charge is 2.21. The molecule has 2 N–H and O–H groups in total. The quantitative estimate of drug-likeness (QED) is 0.560. The van der Waals surface area contributed by atoms with Crippen molar-refractivity contribution in [3.8, 4) is 22.5 Å². The van der Waals surface area contributed by atoms with Crippen molar-refractivity contribution in [2.75, 3.05) is 0 Å². The van der Waals surface area contributed by atoms with Gasteiger partial charge in [0.25, 0.3) is 5.91 Å². The van der Waals surface area contributed by atoms with Gasteiger partial charge in [0, 0.05) is 18.2 Å². The number of hydrogen-bond donors (Lipinski definition) is 1. The van der Waals surface area contributed by atoms with Gasteiger partial charge in [0.2, 0.25) is 0 Å². The van der Waals surface area contributed by atoms with Crippen LogP contribution in [0.2, 0.25) is 0 Å². The normalized spacial score (nSPS) is 11.2. The average Bonchev–Trinajstić information content (AvgIpc) is 3.09. The fourth-order valence-corrected chi connectivity index (χ4v) is 3.15. The first-order valence-electron chi connectivity index (χ1n) is 8.89. The molecular weight excluding hydrogens is 378 g/mol. The predicted molar refractivity (Wildman–Crippen MR) is 103 cm³/mol. The number of aryl methyl sites for hydroxylation is 2. The van der Waals surface area contributed by atoms with Gasteiger partial charge >= 0.3 is 0 Å². The Hall–Kier alpha value is -3.68. The summed E-state index contributed by atoms with van der Waals surface area (Å²) < 4.78 is 33.8. The van der Waals surface area contributed by atoms with E-state index in [0.29, 0.717) is 17.9 Å². The molecule has 3 aromatic heterocycles. The Kier molecular flexibility index (Phi) is 4.54. The fraction of sp³-hybridized carbons (Fsp3) is 0.143. The fourth-order valence-electron chi connectivity index (χ4n) is 3.15. The first-order valence-corrected chi connectivity index (χ1v) is 8.89. The molecule has 0 saturated carbocycles. The zero-order valence-electron chi connectivity index (χ0n) is 15.7. The van der Waals surface area contributed by atoms with Gasteiger partial charge in [0.15, 0.2) is 23.1 Å². The van der Waals surface area contributed by atoms with E-state index in [-0.39, 0.29) is 11.4 Å². The monoisotopic (exact) mass is 394 g/mol. The van der Waals surface area contributed by atoms with E-state index in [1.54, 1.807) is 18.3 Å². The number of carbonyl (C=O) groups is 1. The number of halogens is 2. The number of rotatable bonds is 4. The second kappa shape index (κ2) is 7.05. The third-order valence-electron chi connectivity index (χ3n) is 4.62. The number of pyridine rings is 2. The van der Waals surface area contributed by atoms with Crippen LogP contribution in [0.15, 0.2) is 41.1 Å². The number of hydrogen-bond acceptors (Lipinski definition) is 5. The van der Waals surface area contributed by atoms with Gasteiger partial charge < -0.3 is 10.2 Å². The van der Waals surface area contributed by atoms with Crippen LogP contribution in [-0.4, -0.2) is 20.9 Å². The van der Waals surface area contributed by atoms with Gasteiger partial charge in [-0.1, -0.05) is 13.0 Å². The Morgan fingerprint density at radius 3 is 2.62 bits per heavy atom. The van der Waals surface area contributed by atoms with Gasteiger partial charge in [0.05, 0.1) is 11.9 Å². The molecule has 0 radical (unpaired) electrons. The Morgan fingerprint density at radius 1 is 1.17 bits per heavy atom. The van der Waals surface area contributed by atoms with Crippen molar-refractivity contribution >= 4 is 17.0 Å². The molecule has 4 rings (SSSR count). The van der Waals surface area contributed by atoms with Gasteiger partial charge in [-0.2, -0.15) is 0 Å². The zero-order valence-corrected chi connectivity index (χ0v) is 15.7. The Labute approximate surface area is 164 Å². The molecule has 1 aromatic carbocycles. The molecule has 0 unspecified atom stereocenters. The average molecular weight is 394 g/mol. The summed E-state index contributed by atoms with van der Waals surface area (Å²) in [6, 6.07) is 7.11. The molecule has 146 valence electrons. The molecule has 0 aliphatic carbocycles. The molecule has 0 bridgehead atoms. The summed E-state index contributed by atoms with van der Waals surface area (Å²) in [5, 5.41) is 0. The van der Waals surface area contributed by atoms with Crippen LogP contribution in [0.4, 0.5) is 8.78 Å². The first kappa shape index (κ1) is 18.7. The largest absolute Gasteiger partial charge is 0.441 e.